The molecule has 0 radical (unpaired) electrons. The van der Waals surface area contributed by atoms with E-state index in [4.69, 9.17) is 13.9 Å². The molecule has 14 heavy (non-hydrogen) atoms. The first kappa shape index (κ1) is 12.2. The van der Waals surface area contributed by atoms with Gasteiger partial charge in [0.15, 0.2) is 9.76 Å². The maximum absolute atomic E-state index is 5.57. The Morgan fingerprint density at radius 1 is 1.36 bits per heavy atom. The van der Waals surface area contributed by atoms with Crippen molar-refractivity contribution in [1.29, 1.82) is 0 Å². The number of hydrogen-bond donors (Lipinski definition) is 0. The second kappa shape index (κ2) is 8.41. The zero-order valence-corrected chi connectivity index (χ0v) is 10.6. The Bertz CT molecular complexity index is 129. The van der Waals surface area contributed by atoms with E-state index in [2.05, 4.69) is 6.92 Å². The molecule has 0 aromatic heterocycles. The maximum Gasteiger partial charge on any atom is 0.161 e. The summed E-state index contributed by atoms with van der Waals surface area (Å²) in [6, 6.07) is 1.25. The first-order valence-corrected chi connectivity index (χ1v) is 7.28. The van der Waals surface area contributed by atoms with Crippen LogP contribution < -0.4 is 0 Å². The first-order chi connectivity index (χ1) is 6.93. The minimum absolute atomic E-state index is 0.252. The van der Waals surface area contributed by atoms with Crippen molar-refractivity contribution in [3.63, 3.8) is 0 Å². The Hall–Kier alpha value is 0.0969. The lowest BCUT2D eigenvalue weighted by atomic mass is 10.4. The largest absolute Gasteiger partial charge is 0.424 e. The Labute approximate surface area is 89.1 Å². The van der Waals surface area contributed by atoms with Crippen LogP contribution in [0.1, 0.15) is 26.2 Å². The molecule has 1 heterocycles. The van der Waals surface area contributed by atoms with Crippen molar-refractivity contribution in [1.82, 2.24) is 0 Å². The van der Waals surface area contributed by atoms with Crippen LogP contribution in [-0.2, 0) is 13.9 Å². The van der Waals surface area contributed by atoms with Crippen molar-refractivity contribution in [3.05, 3.63) is 0 Å². The fourth-order valence-corrected chi connectivity index (χ4v) is 2.16. The molecule has 0 amide bonds. The van der Waals surface area contributed by atoms with E-state index in [0.29, 0.717) is 6.10 Å². The van der Waals surface area contributed by atoms with Crippen molar-refractivity contribution in [2.24, 2.45) is 0 Å². The average molecular weight is 218 g/mol. The van der Waals surface area contributed by atoms with E-state index in [1.807, 2.05) is 0 Å². The summed E-state index contributed by atoms with van der Waals surface area (Å²) in [5.41, 5.74) is 0. The number of epoxide rings is 1. The normalized spacial score (nSPS) is 20.8. The van der Waals surface area contributed by atoms with E-state index in [1.54, 1.807) is 0 Å². The van der Waals surface area contributed by atoms with Gasteiger partial charge in [0.05, 0.1) is 13.2 Å². The van der Waals surface area contributed by atoms with Gasteiger partial charge in [0.2, 0.25) is 0 Å². The van der Waals surface area contributed by atoms with Crippen LogP contribution >= 0.6 is 0 Å². The summed E-state index contributed by atoms with van der Waals surface area (Å²) in [5.74, 6) is 0. The number of rotatable bonds is 10. The highest BCUT2D eigenvalue weighted by atomic mass is 28.2. The fraction of sp³-hybridized carbons (Fsp3) is 1.00. The fourth-order valence-electron chi connectivity index (χ4n) is 1.14. The summed E-state index contributed by atoms with van der Waals surface area (Å²) < 4.78 is 16.0. The molecule has 1 aliphatic rings. The lowest BCUT2D eigenvalue weighted by molar-refractivity contribution is 0.116. The summed E-state index contributed by atoms with van der Waals surface area (Å²) in [6.07, 6.45) is 4.01. The SMILES string of the molecule is CCCCO[SiH2]CCCOCC1CO1. The summed E-state index contributed by atoms with van der Waals surface area (Å²) in [4.78, 5) is 0. The lowest BCUT2D eigenvalue weighted by Crippen LogP contribution is -2.05. The van der Waals surface area contributed by atoms with Gasteiger partial charge >= 0.3 is 0 Å². The van der Waals surface area contributed by atoms with E-state index in [1.165, 1.54) is 18.9 Å². The third kappa shape index (κ3) is 7.50. The second-order valence-electron chi connectivity index (χ2n) is 3.70. The molecule has 3 nitrogen and oxygen atoms in total. The third-order valence-corrected chi connectivity index (χ3v) is 3.54. The topological polar surface area (TPSA) is 31.0 Å². The molecule has 1 aliphatic heterocycles. The number of unbranched alkanes of at least 4 members (excludes halogenated alkanes) is 1. The molecule has 84 valence electrons. The molecule has 1 unspecified atom stereocenters. The van der Waals surface area contributed by atoms with Gasteiger partial charge in [0.25, 0.3) is 0 Å². The van der Waals surface area contributed by atoms with Gasteiger partial charge in [-0.1, -0.05) is 13.3 Å². The van der Waals surface area contributed by atoms with Crippen LogP contribution in [0.3, 0.4) is 0 Å². The standard InChI is InChI=1S/C10H22O3Si/c1-2-3-6-13-14-7-4-5-11-8-10-9-12-10/h10H,2-9,14H2,1H3. The van der Waals surface area contributed by atoms with Gasteiger partial charge in [0, 0.05) is 13.2 Å². The average Bonchev–Trinajstić information content (AvgIpc) is 2.99. The number of ether oxygens (including phenoxy) is 2. The van der Waals surface area contributed by atoms with Crippen molar-refractivity contribution >= 4 is 9.76 Å². The quantitative estimate of drug-likeness (QED) is 0.313. The monoisotopic (exact) mass is 218 g/mol. The van der Waals surface area contributed by atoms with Gasteiger partial charge in [-0.3, -0.25) is 0 Å². The summed E-state index contributed by atoms with van der Waals surface area (Å²) in [5, 5.41) is 0. The molecule has 0 N–H and O–H groups in total. The van der Waals surface area contributed by atoms with Crippen molar-refractivity contribution in [2.75, 3.05) is 26.4 Å². The predicted molar refractivity (Wildman–Crippen MR) is 59.4 cm³/mol. The van der Waals surface area contributed by atoms with E-state index in [9.17, 15) is 0 Å². The molecule has 0 saturated carbocycles. The molecule has 0 aromatic carbocycles. The van der Waals surface area contributed by atoms with E-state index in [-0.39, 0.29) is 9.76 Å². The zero-order valence-electron chi connectivity index (χ0n) is 9.17. The van der Waals surface area contributed by atoms with Crippen LogP contribution in [0.25, 0.3) is 0 Å². The molecule has 0 aromatic rings. The summed E-state index contributed by atoms with van der Waals surface area (Å²) >= 11 is 0. The van der Waals surface area contributed by atoms with E-state index in [0.717, 1.165) is 32.8 Å². The Balaban J connectivity index is 1.63. The highest BCUT2D eigenvalue weighted by molar-refractivity contribution is 6.26. The van der Waals surface area contributed by atoms with Crippen LogP contribution in [0, 0.1) is 0 Å². The van der Waals surface area contributed by atoms with Crippen LogP contribution in [0.5, 0.6) is 0 Å². The Kier molecular flexibility index (Phi) is 7.31. The predicted octanol–water partition coefficient (Wildman–Crippen LogP) is 1.11. The molecular weight excluding hydrogens is 196 g/mol. The maximum atomic E-state index is 5.57. The van der Waals surface area contributed by atoms with Gasteiger partial charge in [-0.2, -0.15) is 0 Å². The van der Waals surface area contributed by atoms with Crippen molar-refractivity contribution in [2.45, 2.75) is 38.3 Å². The van der Waals surface area contributed by atoms with Gasteiger partial charge in [0.1, 0.15) is 6.10 Å². The van der Waals surface area contributed by atoms with Crippen LogP contribution in [0.15, 0.2) is 0 Å². The second-order valence-corrected chi connectivity index (χ2v) is 5.23. The van der Waals surface area contributed by atoms with E-state index >= 15 is 0 Å². The van der Waals surface area contributed by atoms with Crippen molar-refractivity contribution < 1.29 is 13.9 Å². The smallest absolute Gasteiger partial charge is 0.161 e. The molecule has 0 bridgehead atoms. The molecule has 0 spiro atoms. The van der Waals surface area contributed by atoms with Crippen molar-refractivity contribution in [3.8, 4) is 0 Å². The highest BCUT2D eigenvalue weighted by Gasteiger charge is 2.21. The molecule has 4 heteroatoms. The minimum Gasteiger partial charge on any atom is -0.424 e. The first-order valence-electron chi connectivity index (χ1n) is 5.70. The summed E-state index contributed by atoms with van der Waals surface area (Å²) in [6.45, 7) is 5.73. The highest BCUT2D eigenvalue weighted by Crippen LogP contribution is 2.08. The molecule has 1 rings (SSSR count). The van der Waals surface area contributed by atoms with Crippen LogP contribution in [-0.4, -0.2) is 42.3 Å². The van der Waals surface area contributed by atoms with Gasteiger partial charge in [-0.05, 0) is 18.9 Å². The minimum atomic E-state index is -0.252. The summed E-state index contributed by atoms with van der Waals surface area (Å²) in [7, 11) is -0.252. The lowest BCUT2D eigenvalue weighted by Gasteiger charge is -2.03. The Morgan fingerprint density at radius 2 is 2.21 bits per heavy atom. The van der Waals surface area contributed by atoms with Crippen LogP contribution in [0.4, 0.5) is 0 Å². The Morgan fingerprint density at radius 3 is 2.93 bits per heavy atom. The third-order valence-electron chi connectivity index (χ3n) is 2.18. The molecular formula is C10H22O3Si. The van der Waals surface area contributed by atoms with Gasteiger partial charge in [-0.15, -0.1) is 0 Å². The number of hydrogen-bond acceptors (Lipinski definition) is 3. The molecule has 0 aliphatic carbocycles. The van der Waals surface area contributed by atoms with E-state index < -0.39 is 0 Å². The van der Waals surface area contributed by atoms with Gasteiger partial charge < -0.3 is 13.9 Å². The zero-order chi connectivity index (χ0) is 10.1. The van der Waals surface area contributed by atoms with Gasteiger partial charge in [-0.25, -0.2) is 0 Å². The van der Waals surface area contributed by atoms with Crippen LogP contribution in [0.2, 0.25) is 6.04 Å². The molecule has 1 fully saturated rings. The molecule has 1 atom stereocenters. The molecule has 1 saturated heterocycles.